The molecule has 0 spiro atoms. The number of nitrogens with one attached hydrogen (secondary N) is 3. The standard InChI is InChI=1S/C36H37N7O5S.ClH/c1-22-4-7-28(14-23(22)2)40-36(47)39-27-8-5-25(6-9-27)35-38-29(21-49-35)19-42-10-12-43(13-11-42)20-33(45)41-37-18-26-16-30-24(3)15-34(46)48-32(30)17-31(26)44;/h4-9,14-18,21,44H,10-13,19-20H2,1-3H3,(H,41,45)(H2,39,40,47);1H/b37-18+;. The number of fused-ring (bicyclic) bond motifs is 1. The lowest BCUT2D eigenvalue weighted by atomic mass is 10.1. The number of benzene rings is 3. The Balaban J connectivity index is 0.00000486. The van der Waals surface area contributed by atoms with Crippen molar-refractivity contribution in [1.82, 2.24) is 20.2 Å². The van der Waals surface area contributed by atoms with Crippen molar-refractivity contribution in [3.05, 3.63) is 104 Å². The number of amides is 3. The lowest BCUT2D eigenvalue weighted by Gasteiger charge is -2.33. The van der Waals surface area contributed by atoms with Gasteiger partial charge in [-0.05, 0) is 79.9 Å². The van der Waals surface area contributed by atoms with Gasteiger partial charge in [0, 0.05) is 78.1 Å². The molecule has 5 aromatic rings. The second-order valence-corrected chi connectivity index (χ2v) is 13.0. The van der Waals surface area contributed by atoms with E-state index in [-0.39, 0.29) is 42.2 Å². The number of thiazole rings is 1. The molecule has 6 rings (SSSR count). The first-order chi connectivity index (χ1) is 23.6. The lowest BCUT2D eigenvalue weighted by molar-refractivity contribution is -0.122. The first kappa shape index (κ1) is 36.2. The topological polar surface area (TPSA) is 152 Å². The molecule has 3 aromatic carbocycles. The average Bonchev–Trinajstić information content (AvgIpc) is 3.53. The number of phenols is 1. The number of hydrogen-bond acceptors (Lipinski definition) is 10. The smallest absolute Gasteiger partial charge is 0.336 e. The monoisotopic (exact) mass is 715 g/mol. The summed E-state index contributed by atoms with van der Waals surface area (Å²) < 4.78 is 5.14. The maximum atomic E-state index is 12.5. The van der Waals surface area contributed by atoms with Crippen LogP contribution in [0.4, 0.5) is 16.2 Å². The number of aromatic hydroxyl groups is 1. The van der Waals surface area contributed by atoms with E-state index in [0.717, 1.165) is 65.8 Å². The Morgan fingerprint density at radius 2 is 1.62 bits per heavy atom. The third kappa shape index (κ3) is 9.12. The van der Waals surface area contributed by atoms with Gasteiger partial charge in [-0.25, -0.2) is 20.0 Å². The largest absolute Gasteiger partial charge is 0.507 e. The summed E-state index contributed by atoms with van der Waals surface area (Å²) in [5, 5.41) is 23.7. The maximum Gasteiger partial charge on any atom is 0.336 e. The summed E-state index contributed by atoms with van der Waals surface area (Å²) in [5.74, 6) is -0.358. The molecule has 1 aliphatic rings. The predicted molar refractivity (Wildman–Crippen MR) is 200 cm³/mol. The fourth-order valence-electron chi connectivity index (χ4n) is 5.54. The van der Waals surface area contributed by atoms with Crippen molar-refractivity contribution in [2.75, 3.05) is 43.4 Å². The fourth-order valence-corrected chi connectivity index (χ4v) is 6.36. The van der Waals surface area contributed by atoms with Gasteiger partial charge in [0.05, 0.1) is 18.5 Å². The molecule has 260 valence electrons. The molecule has 0 saturated carbocycles. The summed E-state index contributed by atoms with van der Waals surface area (Å²) >= 11 is 1.59. The van der Waals surface area contributed by atoms with Crippen molar-refractivity contribution in [3.8, 4) is 16.3 Å². The SMILES string of the molecule is Cc1ccc(NC(=O)Nc2ccc(-c3nc(CN4CCN(CC(=O)N/N=C/c5cc6c(C)cc(=O)oc6cc5O)CC4)cs3)cc2)cc1C.Cl. The summed E-state index contributed by atoms with van der Waals surface area (Å²) in [4.78, 5) is 45.8. The highest BCUT2D eigenvalue weighted by Crippen LogP contribution is 2.27. The van der Waals surface area contributed by atoms with Gasteiger partial charge in [-0.1, -0.05) is 6.07 Å². The van der Waals surface area contributed by atoms with Crippen LogP contribution in [0.5, 0.6) is 5.75 Å². The number of hydrogen-bond donors (Lipinski definition) is 4. The number of carbonyl (C=O) groups is 2. The van der Waals surface area contributed by atoms with Gasteiger partial charge in [0.15, 0.2) is 0 Å². The first-order valence-electron chi connectivity index (χ1n) is 15.8. The third-order valence-corrected chi connectivity index (χ3v) is 9.36. The summed E-state index contributed by atoms with van der Waals surface area (Å²) in [5.41, 5.74) is 9.15. The number of anilines is 2. The van der Waals surface area contributed by atoms with Gasteiger partial charge in [-0.3, -0.25) is 14.6 Å². The minimum atomic E-state index is -0.485. The quantitative estimate of drug-likeness (QED) is 0.0839. The number of phenolic OH excluding ortho intramolecular Hbond substituents is 1. The van der Waals surface area contributed by atoms with Crippen molar-refractivity contribution in [2.24, 2.45) is 5.10 Å². The number of carbonyl (C=O) groups excluding carboxylic acids is 2. The minimum Gasteiger partial charge on any atom is -0.507 e. The second kappa shape index (κ2) is 16.1. The number of halogens is 1. The van der Waals surface area contributed by atoms with Crippen LogP contribution < -0.4 is 21.7 Å². The number of urea groups is 1. The van der Waals surface area contributed by atoms with Crippen LogP contribution in [0.25, 0.3) is 21.5 Å². The predicted octanol–water partition coefficient (Wildman–Crippen LogP) is 5.88. The van der Waals surface area contributed by atoms with E-state index in [4.69, 9.17) is 9.40 Å². The van der Waals surface area contributed by atoms with Crippen molar-refractivity contribution in [2.45, 2.75) is 27.3 Å². The highest BCUT2D eigenvalue weighted by atomic mass is 35.5. The molecule has 12 nitrogen and oxygen atoms in total. The van der Waals surface area contributed by atoms with Crippen molar-refractivity contribution in [3.63, 3.8) is 0 Å². The van der Waals surface area contributed by atoms with E-state index in [1.165, 1.54) is 23.9 Å². The second-order valence-electron chi connectivity index (χ2n) is 12.1. The Labute approximate surface area is 299 Å². The van der Waals surface area contributed by atoms with Crippen LogP contribution >= 0.6 is 23.7 Å². The Morgan fingerprint density at radius 1 is 0.920 bits per heavy atom. The Hall–Kier alpha value is -5.08. The van der Waals surface area contributed by atoms with E-state index in [2.05, 4.69) is 36.3 Å². The zero-order chi connectivity index (χ0) is 34.5. The molecule has 0 radical (unpaired) electrons. The van der Waals surface area contributed by atoms with Gasteiger partial charge in [-0.15, -0.1) is 23.7 Å². The number of hydrazone groups is 1. The molecule has 3 amide bonds. The molecule has 1 fully saturated rings. The molecule has 50 heavy (non-hydrogen) atoms. The Kier molecular flexibility index (Phi) is 11.6. The highest BCUT2D eigenvalue weighted by Gasteiger charge is 2.20. The van der Waals surface area contributed by atoms with E-state index in [1.807, 2.05) is 56.3 Å². The lowest BCUT2D eigenvalue weighted by Crippen LogP contribution is -2.48. The number of nitrogens with zero attached hydrogens (tertiary/aromatic N) is 4. The van der Waals surface area contributed by atoms with Crippen LogP contribution in [0.3, 0.4) is 0 Å². The van der Waals surface area contributed by atoms with E-state index >= 15 is 0 Å². The maximum absolute atomic E-state index is 12.5. The zero-order valence-electron chi connectivity index (χ0n) is 27.9. The van der Waals surface area contributed by atoms with Crippen LogP contribution in [0.15, 0.2) is 80.4 Å². The molecule has 14 heteroatoms. The van der Waals surface area contributed by atoms with Crippen LogP contribution in [-0.4, -0.2) is 70.8 Å². The average molecular weight is 716 g/mol. The molecule has 4 N–H and O–H groups in total. The number of aryl methyl sites for hydroxylation is 3. The summed E-state index contributed by atoms with van der Waals surface area (Å²) in [6.07, 6.45) is 1.37. The van der Waals surface area contributed by atoms with E-state index in [1.54, 1.807) is 24.3 Å². The van der Waals surface area contributed by atoms with E-state index in [9.17, 15) is 19.5 Å². The summed E-state index contributed by atoms with van der Waals surface area (Å²) in [7, 11) is 0. The van der Waals surface area contributed by atoms with Crippen LogP contribution in [0.1, 0.15) is 27.9 Å². The number of piperazine rings is 1. The fraction of sp³-hybridized carbons (Fsp3) is 0.250. The van der Waals surface area contributed by atoms with Gasteiger partial charge in [0.2, 0.25) is 0 Å². The van der Waals surface area contributed by atoms with Crippen LogP contribution in [-0.2, 0) is 11.3 Å². The molecule has 0 bridgehead atoms. The van der Waals surface area contributed by atoms with Crippen molar-refractivity contribution < 1.29 is 19.1 Å². The molecular formula is C36H38ClN7O5S. The van der Waals surface area contributed by atoms with Gasteiger partial charge in [0.25, 0.3) is 5.91 Å². The highest BCUT2D eigenvalue weighted by molar-refractivity contribution is 7.13. The summed E-state index contributed by atoms with van der Waals surface area (Å²) in [6, 6.07) is 17.6. The van der Waals surface area contributed by atoms with Crippen molar-refractivity contribution >= 4 is 64.2 Å². The normalized spacial score (nSPS) is 13.7. The zero-order valence-corrected chi connectivity index (χ0v) is 29.5. The molecule has 0 atom stereocenters. The van der Waals surface area contributed by atoms with Crippen LogP contribution in [0.2, 0.25) is 0 Å². The molecule has 0 aliphatic carbocycles. The molecule has 0 unspecified atom stereocenters. The summed E-state index contributed by atoms with van der Waals surface area (Å²) in [6.45, 7) is 9.82. The Morgan fingerprint density at radius 3 is 2.36 bits per heavy atom. The Bertz CT molecular complexity index is 2090. The number of rotatable bonds is 9. The molecule has 2 aromatic heterocycles. The van der Waals surface area contributed by atoms with Gasteiger partial charge < -0.3 is 20.2 Å². The van der Waals surface area contributed by atoms with Crippen LogP contribution in [0, 0.1) is 20.8 Å². The van der Waals surface area contributed by atoms with Gasteiger partial charge in [0.1, 0.15) is 16.3 Å². The minimum absolute atomic E-state index is 0. The van der Waals surface area contributed by atoms with Gasteiger partial charge in [-0.2, -0.15) is 5.10 Å². The molecular weight excluding hydrogens is 678 g/mol. The molecule has 1 aliphatic heterocycles. The van der Waals surface area contributed by atoms with E-state index in [0.29, 0.717) is 16.6 Å². The molecule has 3 heterocycles. The molecule has 1 saturated heterocycles. The van der Waals surface area contributed by atoms with E-state index < -0.39 is 5.63 Å². The third-order valence-electron chi connectivity index (χ3n) is 8.42. The first-order valence-corrected chi connectivity index (χ1v) is 16.7. The van der Waals surface area contributed by atoms with Crippen molar-refractivity contribution in [1.29, 1.82) is 0 Å². The number of aromatic nitrogens is 1. The van der Waals surface area contributed by atoms with Gasteiger partial charge >= 0.3 is 11.7 Å².